The number of aliphatic hydroxyl groups is 1. The molecule has 0 unspecified atom stereocenters. The second-order valence-electron chi connectivity index (χ2n) is 11.6. The van der Waals surface area contributed by atoms with Crippen LogP contribution in [0.4, 0.5) is 22.0 Å². The molecule has 1 aromatic heterocycles. The molecule has 244 valence electrons. The van der Waals surface area contributed by atoms with Gasteiger partial charge >= 0.3 is 12.1 Å². The number of aromatic nitrogens is 1. The van der Waals surface area contributed by atoms with Crippen LogP contribution in [-0.4, -0.2) is 59.1 Å². The number of rotatable bonds is 11. The summed E-state index contributed by atoms with van der Waals surface area (Å²) in [5.74, 6) is -7.23. The van der Waals surface area contributed by atoms with Crippen LogP contribution in [0.15, 0.2) is 60.8 Å². The number of hydrogen-bond donors (Lipinski definition) is 4. The number of aliphatic hydroxyl groups excluding tert-OH is 1. The summed E-state index contributed by atoms with van der Waals surface area (Å²) >= 11 is 0. The molecule has 5 N–H and O–H groups in total. The first kappa shape index (κ1) is 35.2. The van der Waals surface area contributed by atoms with Gasteiger partial charge in [0.1, 0.15) is 17.7 Å². The molecule has 0 saturated carbocycles. The molecule has 2 aromatic carbocycles. The van der Waals surface area contributed by atoms with E-state index in [2.05, 4.69) is 10.1 Å². The number of amides is 2. The van der Waals surface area contributed by atoms with Crippen molar-refractivity contribution in [3.05, 3.63) is 83.7 Å². The Balaban J connectivity index is 1.94. The van der Waals surface area contributed by atoms with Gasteiger partial charge in [-0.05, 0) is 35.2 Å². The predicted molar refractivity (Wildman–Crippen MR) is 154 cm³/mol. The molecule has 0 spiro atoms. The molecule has 3 rings (SSSR count). The summed E-state index contributed by atoms with van der Waals surface area (Å²) in [6, 6.07) is 13.7. The van der Waals surface area contributed by atoms with Crippen LogP contribution >= 0.6 is 0 Å². The minimum Gasteiger partial charge on any atom is -0.428 e. The Morgan fingerprint density at radius 1 is 1.02 bits per heavy atom. The second kappa shape index (κ2) is 13.8. The van der Waals surface area contributed by atoms with Crippen molar-refractivity contribution in [2.45, 2.75) is 57.7 Å². The van der Waals surface area contributed by atoms with Crippen molar-refractivity contribution >= 4 is 17.8 Å². The average molecular weight is 639 g/mol. The minimum atomic E-state index is -5.43. The number of benzene rings is 2. The van der Waals surface area contributed by atoms with E-state index in [9.17, 15) is 41.4 Å². The van der Waals surface area contributed by atoms with Crippen LogP contribution in [0.2, 0.25) is 0 Å². The number of likely N-dealkylation sites (N-methyl/N-ethyl adjacent to an activating group) is 1. The molecule has 1 heterocycles. The fourth-order valence-corrected chi connectivity index (χ4v) is 4.93. The third-order valence-corrected chi connectivity index (χ3v) is 7.11. The Morgan fingerprint density at radius 3 is 2.24 bits per heavy atom. The van der Waals surface area contributed by atoms with Crippen molar-refractivity contribution < 1.29 is 46.2 Å². The van der Waals surface area contributed by atoms with Gasteiger partial charge in [-0.1, -0.05) is 51.1 Å². The van der Waals surface area contributed by atoms with E-state index in [1.807, 2.05) is 35.6 Å². The summed E-state index contributed by atoms with van der Waals surface area (Å²) in [7, 11) is 1.07. The Labute approximate surface area is 256 Å². The highest BCUT2D eigenvalue weighted by molar-refractivity contribution is 5.88. The van der Waals surface area contributed by atoms with Crippen molar-refractivity contribution in [2.24, 2.45) is 11.1 Å². The van der Waals surface area contributed by atoms with Crippen LogP contribution in [-0.2, 0) is 25.7 Å². The maximum Gasteiger partial charge on any atom is 0.491 e. The van der Waals surface area contributed by atoms with E-state index in [1.54, 1.807) is 37.6 Å². The molecule has 14 heteroatoms. The van der Waals surface area contributed by atoms with Crippen LogP contribution in [0.5, 0.6) is 0 Å². The van der Waals surface area contributed by atoms with Crippen molar-refractivity contribution in [3.63, 3.8) is 0 Å². The smallest absolute Gasteiger partial charge is 0.428 e. The summed E-state index contributed by atoms with van der Waals surface area (Å²) in [6.45, 7) is 4.95. The summed E-state index contributed by atoms with van der Waals surface area (Å²) in [6.07, 6.45) is -6.38. The molecule has 2 amide bonds. The fraction of sp³-hybridized carbons (Fsp3) is 0.387. The van der Waals surface area contributed by atoms with E-state index in [-0.39, 0.29) is 12.1 Å². The van der Waals surface area contributed by atoms with E-state index in [4.69, 9.17) is 5.73 Å². The van der Waals surface area contributed by atoms with Gasteiger partial charge in [0.15, 0.2) is 0 Å². The lowest BCUT2D eigenvalue weighted by Crippen LogP contribution is -2.59. The first-order valence-corrected chi connectivity index (χ1v) is 13.8. The number of nitrogens with two attached hydrogens (primary N) is 1. The molecule has 0 bridgehead atoms. The lowest BCUT2D eigenvalue weighted by atomic mass is 9.74. The third kappa shape index (κ3) is 8.66. The van der Waals surface area contributed by atoms with Gasteiger partial charge in [0.2, 0.25) is 11.6 Å². The largest absolute Gasteiger partial charge is 0.491 e. The normalized spacial score (nSPS) is 14.6. The summed E-state index contributed by atoms with van der Waals surface area (Å²) in [5, 5.41) is 15.7. The maximum atomic E-state index is 14.8. The first-order valence-electron chi connectivity index (χ1n) is 13.8. The molecular weight excluding hydrogens is 603 g/mol. The minimum absolute atomic E-state index is 0.0310. The first-order chi connectivity index (χ1) is 20.9. The number of esters is 1. The summed E-state index contributed by atoms with van der Waals surface area (Å²) in [4.78, 5) is 36.8. The SMILES string of the molecule is CNC(=O)[C@](N)(CCNC(=O)[C@@H](O)[C@@H](c1cc(-c2cc(F)ccc2F)cn1Cc1ccccc1)C(C)(C)C)OC(=O)C(F)(F)F. The van der Waals surface area contributed by atoms with Gasteiger partial charge < -0.3 is 25.0 Å². The number of nitrogens with zero attached hydrogens (tertiary/aromatic N) is 1. The van der Waals surface area contributed by atoms with E-state index >= 15 is 0 Å². The van der Waals surface area contributed by atoms with Crippen molar-refractivity contribution in [2.75, 3.05) is 13.6 Å². The number of halogens is 5. The van der Waals surface area contributed by atoms with E-state index in [0.29, 0.717) is 11.3 Å². The molecule has 0 fully saturated rings. The number of carbonyl (C=O) groups is 3. The summed E-state index contributed by atoms with van der Waals surface area (Å²) < 4.78 is 73.2. The van der Waals surface area contributed by atoms with Gasteiger partial charge in [0.25, 0.3) is 5.91 Å². The molecule has 3 atom stereocenters. The monoisotopic (exact) mass is 638 g/mol. The average Bonchev–Trinajstić information content (AvgIpc) is 3.35. The fourth-order valence-electron chi connectivity index (χ4n) is 4.93. The molecule has 9 nitrogen and oxygen atoms in total. The van der Waals surface area contributed by atoms with Crippen molar-refractivity contribution in [1.82, 2.24) is 15.2 Å². The molecule has 0 aliphatic carbocycles. The molecule has 0 saturated heterocycles. The van der Waals surface area contributed by atoms with Crippen LogP contribution in [0.3, 0.4) is 0 Å². The number of carbonyl (C=O) groups excluding carboxylic acids is 3. The topological polar surface area (TPSA) is 136 Å². The molecule has 45 heavy (non-hydrogen) atoms. The summed E-state index contributed by atoms with van der Waals surface area (Å²) in [5.41, 5.74) is 3.59. The zero-order valence-corrected chi connectivity index (χ0v) is 25.0. The zero-order chi connectivity index (χ0) is 33.7. The van der Waals surface area contributed by atoms with Gasteiger partial charge in [0, 0.05) is 55.5 Å². The highest BCUT2D eigenvalue weighted by Gasteiger charge is 2.48. The van der Waals surface area contributed by atoms with Crippen LogP contribution in [0.25, 0.3) is 11.1 Å². The van der Waals surface area contributed by atoms with Gasteiger partial charge in [-0.2, -0.15) is 13.2 Å². The van der Waals surface area contributed by atoms with Crippen LogP contribution < -0.4 is 16.4 Å². The van der Waals surface area contributed by atoms with Gasteiger partial charge in [-0.15, -0.1) is 0 Å². The standard InChI is InChI=1S/C31H35F5N4O5/c1-29(2,3)24(25(41)26(42)39-13-12-30(37,27(43)38-4)45-28(44)31(34,35)36)23-14-19(21-15-20(32)10-11-22(21)33)17-40(23)16-18-8-6-5-7-9-18/h5-11,14-15,17,24-25,41H,12-13,16,37H2,1-4H3,(H,38,43)(H,39,42)/t24-,25+,30+/m1/s1. The van der Waals surface area contributed by atoms with Crippen LogP contribution in [0.1, 0.15) is 44.4 Å². The van der Waals surface area contributed by atoms with Gasteiger partial charge in [-0.25, -0.2) is 13.6 Å². The highest BCUT2D eigenvalue weighted by Crippen LogP contribution is 2.41. The molecule has 0 aliphatic rings. The zero-order valence-electron chi connectivity index (χ0n) is 25.0. The predicted octanol–water partition coefficient (Wildman–Crippen LogP) is 3.99. The van der Waals surface area contributed by atoms with Crippen LogP contribution in [0, 0.1) is 17.0 Å². The Kier molecular flexibility index (Phi) is 10.8. The molecule has 3 aromatic rings. The highest BCUT2D eigenvalue weighted by atomic mass is 19.4. The molecule has 0 radical (unpaired) electrons. The molecular formula is C31H35F5N4O5. The number of nitrogens with one attached hydrogen (secondary N) is 2. The van der Waals surface area contributed by atoms with E-state index in [0.717, 1.165) is 30.8 Å². The number of ether oxygens (including phenoxy) is 1. The van der Waals surface area contributed by atoms with Gasteiger partial charge in [-0.3, -0.25) is 15.3 Å². The second-order valence-corrected chi connectivity index (χ2v) is 11.6. The number of alkyl halides is 3. The Morgan fingerprint density at radius 2 is 1.67 bits per heavy atom. The maximum absolute atomic E-state index is 14.8. The van der Waals surface area contributed by atoms with Crippen molar-refractivity contribution in [1.29, 1.82) is 0 Å². The van der Waals surface area contributed by atoms with Crippen molar-refractivity contribution in [3.8, 4) is 11.1 Å². The number of hydrogen-bond acceptors (Lipinski definition) is 6. The lowest BCUT2D eigenvalue weighted by Gasteiger charge is -2.35. The van der Waals surface area contributed by atoms with E-state index in [1.165, 1.54) is 0 Å². The molecule has 0 aliphatic heterocycles. The Bertz CT molecular complexity index is 1520. The Hall–Kier alpha value is -4.30. The van der Waals surface area contributed by atoms with Gasteiger partial charge in [0.05, 0.1) is 0 Å². The third-order valence-electron chi connectivity index (χ3n) is 7.11. The lowest BCUT2D eigenvalue weighted by molar-refractivity contribution is -0.214. The van der Waals surface area contributed by atoms with E-state index < -0.39 is 71.7 Å². The quantitative estimate of drug-likeness (QED) is 0.143.